The second-order valence-corrected chi connectivity index (χ2v) is 13.5. The number of amides is 2. The van der Waals surface area contributed by atoms with Crippen molar-refractivity contribution < 1.29 is 23.9 Å². The number of Topliss-reactive ketones (excluding diaryl/α,β-unsaturated/α-hetero) is 1. The van der Waals surface area contributed by atoms with E-state index >= 15 is 0 Å². The Hall–Kier alpha value is -3.59. The predicted molar refractivity (Wildman–Crippen MR) is 171 cm³/mol. The summed E-state index contributed by atoms with van der Waals surface area (Å²) in [6, 6.07) is 16.9. The first-order chi connectivity index (χ1) is 21.1. The van der Waals surface area contributed by atoms with E-state index in [4.69, 9.17) is 32.9 Å². The van der Waals surface area contributed by atoms with Gasteiger partial charge in [-0.05, 0) is 92.1 Å². The fraction of sp³-hybridized carbons (Fsp3) is 0.265. The third kappa shape index (κ3) is 4.84. The van der Waals surface area contributed by atoms with Crippen molar-refractivity contribution in [1.29, 1.82) is 0 Å². The summed E-state index contributed by atoms with van der Waals surface area (Å²) in [4.78, 5) is 59.0. The number of halogens is 3. The van der Waals surface area contributed by atoms with E-state index in [-0.39, 0.29) is 39.8 Å². The van der Waals surface area contributed by atoms with Gasteiger partial charge < -0.3 is 4.74 Å². The van der Waals surface area contributed by atoms with Crippen molar-refractivity contribution in [2.75, 3.05) is 11.5 Å². The normalized spacial score (nSPS) is 22.1. The fourth-order valence-electron chi connectivity index (χ4n) is 7.22. The number of anilines is 1. The third-order valence-electron chi connectivity index (χ3n) is 9.20. The SMILES string of the molecule is Cc1cc(Br)cc2c(C(=O)OCC(=O)c3ccc(Cl)cc3Cl)cc(-c3ccc(N4C(=O)C5C6CCC(C6)C5C4=O)cc3)nc12. The van der Waals surface area contributed by atoms with Crippen molar-refractivity contribution >= 4 is 79.3 Å². The van der Waals surface area contributed by atoms with Crippen LogP contribution < -0.4 is 4.90 Å². The van der Waals surface area contributed by atoms with Gasteiger partial charge in [0, 0.05) is 26.0 Å². The van der Waals surface area contributed by atoms with Crippen molar-refractivity contribution in [2.24, 2.45) is 23.7 Å². The van der Waals surface area contributed by atoms with Crippen LogP contribution in [0.1, 0.15) is 45.5 Å². The Balaban J connectivity index is 1.19. The molecule has 2 amide bonds. The Morgan fingerprint density at radius 3 is 2.27 bits per heavy atom. The van der Waals surface area contributed by atoms with Crippen LogP contribution in [0.25, 0.3) is 22.2 Å². The molecular weight excluding hydrogens is 667 g/mol. The highest BCUT2D eigenvalue weighted by Gasteiger charge is 2.61. The zero-order chi connectivity index (χ0) is 30.9. The van der Waals surface area contributed by atoms with Crippen molar-refractivity contribution in [2.45, 2.75) is 26.2 Å². The molecule has 3 aromatic carbocycles. The van der Waals surface area contributed by atoms with E-state index in [1.165, 1.54) is 17.0 Å². The molecule has 1 saturated heterocycles. The zero-order valence-corrected chi connectivity index (χ0v) is 26.6. The Bertz CT molecular complexity index is 1880. The highest BCUT2D eigenvalue weighted by Crippen LogP contribution is 2.56. The van der Waals surface area contributed by atoms with Crippen molar-refractivity contribution in [3.63, 3.8) is 0 Å². The van der Waals surface area contributed by atoms with Crippen LogP contribution in [0, 0.1) is 30.6 Å². The number of imide groups is 1. The minimum atomic E-state index is -0.694. The second kappa shape index (κ2) is 11.1. The van der Waals surface area contributed by atoms with E-state index in [0.29, 0.717) is 44.7 Å². The van der Waals surface area contributed by atoms with Crippen molar-refractivity contribution in [3.05, 3.63) is 91.9 Å². The molecule has 10 heteroatoms. The van der Waals surface area contributed by atoms with E-state index in [0.717, 1.165) is 29.3 Å². The van der Waals surface area contributed by atoms with Gasteiger partial charge in [0.2, 0.25) is 17.6 Å². The van der Waals surface area contributed by atoms with Crippen LogP contribution in [0.2, 0.25) is 10.0 Å². The first-order valence-electron chi connectivity index (χ1n) is 14.3. The quantitative estimate of drug-likeness (QED) is 0.116. The second-order valence-electron chi connectivity index (χ2n) is 11.7. The highest BCUT2D eigenvalue weighted by atomic mass is 79.9. The number of aryl methyl sites for hydroxylation is 1. The zero-order valence-electron chi connectivity index (χ0n) is 23.5. The Kier molecular flexibility index (Phi) is 7.34. The number of pyridine rings is 1. The summed E-state index contributed by atoms with van der Waals surface area (Å²) in [6.45, 7) is 1.38. The summed E-state index contributed by atoms with van der Waals surface area (Å²) >= 11 is 15.6. The number of aromatic nitrogens is 1. The van der Waals surface area contributed by atoms with Gasteiger partial charge in [-0.15, -0.1) is 0 Å². The van der Waals surface area contributed by atoms with Gasteiger partial charge in [-0.1, -0.05) is 51.3 Å². The molecule has 2 aliphatic carbocycles. The fourth-order valence-corrected chi connectivity index (χ4v) is 8.31. The molecule has 222 valence electrons. The molecule has 3 fully saturated rings. The molecule has 2 bridgehead atoms. The molecule has 1 aromatic heterocycles. The van der Waals surface area contributed by atoms with Crippen molar-refractivity contribution in [1.82, 2.24) is 4.98 Å². The number of fused-ring (bicyclic) bond motifs is 6. The van der Waals surface area contributed by atoms with Crippen LogP contribution in [0.15, 0.2) is 65.1 Å². The molecule has 3 aliphatic rings. The summed E-state index contributed by atoms with van der Waals surface area (Å²) in [5, 5.41) is 1.13. The number of ether oxygens (including phenoxy) is 1. The van der Waals surface area contributed by atoms with Gasteiger partial charge in [-0.3, -0.25) is 19.3 Å². The van der Waals surface area contributed by atoms with Gasteiger partial charge in [0.15, 0.2) is 6.61 Å². The third-order valence-corrected chi connectivity index (χ3v) is 10.2. The first kappa shape index (κ1) is 29.1. The monoisotopic (exact) mass is 690 g/mol. The number of hydrogen-bond donors (Lipinski definition) is 0. The molecule has 4 atom stereocenters. The summed E-state index contributed by atoms with van der Waals surface area (Å²) in [7, 11) is 0. The van der Waals surface area contributed by atoms with Gasteiger partial charge in [0.1, 0.15) is 0 Å². The van der Waals surface area contributed by atoms with Crippen LogP contribution in [0.4, 0.5) is 5.69 Å². The number of ketones is 1. The number of esters is 1. The van der Waals surface area contributed by atoms with Gasteiger partial charge in [-0.2, -0.15) is 0 Å². The van der Waals surface area contributed by atoms with Gasteiger partial charge in [-0.25, -0.2) is 9.78 Å². The van der Waals surface area contributed by atoms with E-state index < -0.39 is 18.4 Å². The number of hydrogen-bond acceptors (Lipinski definition) is 6. The Morgan fingerprint density at radius 1 is 0.932 bits per heavy atom. The van der Waals surface area contributed by atoms with Crippen LogP contribution in [-0.2, 0) is 14.3 Å². The molecule has 7 rings (SSSR count). The molecule has 1 aliphatic heterocycles. The van der Waals surface area contributed by atoms with Gasteiger partial charge >= 0.3 is 5.97 Å². The molecule has 0 radical (unpaired) electrons. The summed E-state index contributed by atoms with van der Waals surface area (Å²) < 4.78 is 6.23. The summed E-state index contributed by atoms with van der Waals surface area (Å²) in [5.41, 5.74) is 3.61. The number of carbonyl (C=O) groups is 4. The summed E-state index contributed by atoms with van der Waals surface area (Å²) in [6.07, 6.45) is 3.03. The lowest BCUT2D eigenvalue weighted by Gasteiger charge is -2.19. The summed E-state index contributed by atoms with van der Waals surface area (Å²) in [5.74, 6) is -1.10. The van der Waals surface area contributed by atoms with E-state index in [1.807, 2.05) is 13.0 Å². The number of rotatable bonds is 6. The maximum atomic E-state index is 13.4. The van der Waals surface area contributed by atoms with Crippen molar-refractivity contribution in [3.8, 4) is 11.3 Å². The lowest BCUT2D eigenvalue weighted by Crippen LogP contribution is -2.32. The average molecular weight is 692 g/mol. The first-order valence-corrected chi connectivity index (χ1v) is 15.9. The van der Waals surface area contributed by atoms with Crippen LogP contribution >= 0.6 is 39.1 Å². The maximum absolute atomic E-state index is 13.4. The van der Waals surface area contributed by atoms with E-state index in [9.17, 15) is 19.2 Å². The smallest absolute Gasteiger partial charge is 0.339 e. The molecule has 44 heavy (non-hydrogen) atoms. The van der Waals surface area contributed by atoms with E-state index in [1.54, 1.807) is 42.5 Å². The predicted octanol–water partition coefficient (Wildman–Crippen LogP) is 7.85. The minimum absolute atomic E-state index is 0.0931. The largest absolute Gasteiger partial charge is 0.454 e. The van der Waals surface area contributed by atoms with E-state index in [2.05, 4.69) is 15.9 Å². The number of carbonyl (C=O) groups excluding carboxylic acids is 4. The maximum Gasteiger partial charge on any atom is 0.339 e. The van der Waals surface area contributed by atoms with Crippen LogP contribution in [0.5, 0.6) is 0 Å². The Morgan fingerprint density at radius 2 is 1.61 bits per heavy atom. The lowest BCUT2D eigenvalue weighted by atomic mass is 9.81. The standard InChI is InChI=1S/C34H25BrCl2N2O5/c1-16-10-20(35)12-24-25(34(43)44-15-28(40)23-9-6-21(36)13-26(23)37)14-27(38-31(16)24)17-4-7-22(8-5-17)39-32(41)29-18-2-3-19(11-18)30(29)33(39)42/h4-10,12-14,18-19,29-30H,2-3,11,15H2,1H3. The number of benzene rings is 3. The molecular formula is C34H25BrCl2N2O5. The van der Waals surface area contributed by atoms with Crippen LogP contribution in [-0.4, -0.2) is 35.2 Å². The van der Waals surface area contributed by atoms with Gasteiger partial charge in [0.05, 0.1) is 39.3 Å². The molecule has 0 spiro atoms. The molecule has 4 unspecified atom stereocenters. The highest BCUT2D eigenvalue weighted by molar-refractivity contribution is 9.10. The molecule has 4 aromatic rings. The average Bonchev–Trinajstić information content (AvgIpc) is 3.69. The van der Waals surface area contributed by atoms with Crippen LogP contribution in [0.3, 0.4) is 0 Å². The number of nitrogens with zero attached hydrogens (tertiary/aromatic N) is 2. The topological polar surface area (TPSA) is 93.6 Å². The molecule has 7 nitrogen and oxygen atoms in total. The Labute approximate surface area is 271 Å². The molecule has 2 saturated carbocycles. The van der Waals surface area contributed by atoms with Gasteiger partial charge in [0.25, 0.3) is 0 Å². The molecule has 0 N–H and O–H groups in total. The lowest BCUT2D eigenvalue weighted by molar-refractivity contribution is -0.123. The minimum Gasteiger partial charge on any atom is -0.454 e. The molecule has 2 heterocycles.